The van der Waals surface area contributed by atoms with Crippen molar-refractivity contribution in [2.24, 2.45) is 11.7 Å². The third-order valence-corrected chi connectivity index (χ3v) is 14.2. The van der Waals surface area contributed by atoms with Gasteiger partial charge in [0.05, 0.1) is 12.6 Å². The molecule has 0 aliphatic heterocycles. The first-order valence-corrected chi connectivity index (χ1v) is 20.1. The van der Waals surface area contributed by atoms with E-state index in [2.05, 4.69) is 10.6 Å². The van der Waals surface area contributed by atoms with Gasteiger partial charge in [0, 0.05) is 41.9 Å². The molecule has 0 bridgehead atoms. The first kappa shape index (κ1) is 43.0. The number of carbonyl (C=O) groups is 5. The maximum atomic E-state index is 14.6. The van der Waals surface area contributed by atoms with Crippen LogP contribution in [0.5, 0.6) is 0 Å². The van der Waals surface area contributed by atoms with Gasteiger partial charge in [-0.15, -0.1) is 0 Å². The SMILES string of the molecule is CC(=O)C[C@H](NC(=O)CN)C(=O)C[C@@H](Cc1ccccc1)C(=O)N[C@@H](Cc1ccccc1)C(=O)O[Si](OCCc1ccccc1)(C(C)(C)C)C(C)(C)C. The summed E-state index contributed by atoms with van der Waals surface area (Å²) in [6.07, 6.45) is 0.425. The zero-order valence-electron chi connectivity index (χ0n) is 32.3. The molecule has 0 aromatic heterocycles. The van der Waals surface area contributed by atoms with Crippen LogP contribution in [0.25, 0.3) is 0 Å². The molecule has 286 valence electrons. The molecule has 0 unspecified atom stereocenters. The van der Waals surface area contributed by atoms with Gasteiger partial charge in [0.2, 0.25) is 11.8 Å². The Morgan fingerprint density at radius 1 is 0.679 bits per heavy atom. The van der Waals surface area contributed by atoms with Gasteiger partial charge in [-0.05, 0) is 36.5 Å². The Morgan fingerprint density at radius 3 is 1.64 bits per heavy atom. The summed E-state index contributed by atoms with van der Waals surface area (Å²) in [7, 11) is -3.45. The molecule has 3 aromatic carbocycles. The number of nitrogens with one attached hydrogen (secondary N) is 2. The third kappa shape index (κ3) is 12.9. The summed E-state index contributed by atoms with van der Waals surface area (Å²) in [6.45, 7) is 13.4. The molecule has 0 saturated heterocycles. The molecule has 0 radical (unpaired) electrons. The van der Waals surface area contributed by atoms with Crippen LogP contribution in [-0.2, 0) is 52.1 Å². The van der Waals surface area contributed by atoms with Gasteiger partial charge in [0.1, 0.15) is 11.8 Å². The summed E-state index contributed by atoms with van der Waals surface area (Å²) in [5, 5.41) is 4.38. The van der Waals surface area contributed by atoms with Crippen molar-refractivity contribution < 1.29 is 32.8 Å². The highest BCUT2D eigenvalue weighted by molar-refractivity contribution is 6.74. The molecular weight excluding hydrogens is 687 g/mol. The summed E-state index contributed by atoms with van der Waals surface area (Å²) >= 11 is 0. The van der Waals surface area contributed by atoms with E-state index in [-0.39, 0.29) is 38.0 Å². The van der Waals surface area contributed by atoms with E-state index in [1.807, 2.05) is 133 Å². The van der Waals surface area contributed by atoms with Crippen LogP contribution in [0, 0.1) is 5.92 Å². The van der Waals surface area contributed by atoms with Crippen LogP contribution in [-0.4, -0.2) is 63.1 Å². The second kappa shape index (κ2) is 19.6. The fourth-order valence-electron chi connectivity index (χ4n) is 6.72. The fourth-order valence-corrected chi connectivity index (χ4v) is 11.3. The van der Waals surface area contributed by atoms with Crippen molar-refractivity contribution in [1.82, 2.24) is 10.6 Å². The maximum absolute atomic E-state index is 14.6. The van der Waals surface area contributed by atoms with E-state index in [0.717, 1.165) is 16.7 Å². The molecule has 0 aliphatic rings. The standard InChI is InChI=1S/C42H57N3O7Si/c1-30(46)25-35(44-38(48)29-43)37(47)28-34(26-32-19-13-9-14-20-32)39(49)45-36(27-33-21-15-10-16-22-33)40(50)52-53(41(2,3)4,42(5,6)7)51-24-23-31-17-11-8-12-18-31/h8-22,34-36H,23-29,43H2,1-7H3,(H,44,48)(H,45,49)/t34-,35+,36+/m1/s1. The Kier molecular flexibility index (Phi) is 15.9. The zero-order chi connectivity index (χ0) is 39.2. The van der Waals surface area contributed by atoms with Crippen LogP contribution in [0.1, 0.15) is 78.0 Å². The third-order valence-electron chi connectivity index (χ3n) is 9.19. The normalized spacial score (nSPS) is 13.7. The number of hydrogen-bond acceptors (Lipinski definition) is 8. The lowest BCUT2D eigenvalue weighted by molar-refractivity contribution is -0.143. The fraction of sp³-hybridized carbons (Fsp3) is 0.452. The molecule has 0 fully saturated rings. The predicted molar refractivity (Wildman–Crippen MR) is 209 cm³/mol. The van der Waals surface area contributed by atoms with E-state index in [0.29, 0.717) is 13.0 Å². The molecule has 0 heterocycles. The van der Waals surface area contributed by atoms with Gasteiger partial charge in [0.15, 0.2) is 5.78 Å². The van der Waals surface area contributed by atoms with E-state index in [1.165, 1.54) is 6.92 Å². The van der Waals surface area contributed by atoms with Gasteiger partial charge in [-0.3, -0.25) is 24.0 Å². The van der Waals surface area contributed by atoms with Gasteiger partial charge in [-0.25, -0.2) is 0 Å². The first-order chi connectivity index (χ1) is 25.0. The molecular formula is C42H57N3O7Si. The lowest BCUT2D eigenvalue weighted by Crippen LogP contribution is -2.61. The molecule has 3 aromatic rings. The molecule has 4 N–H and O–H groups in total. The molecule has 11 heteroatoms. The largest absolute Gasteiger partial charge is 0.492 e. The monoisotopic (exact) mass is 743 g/mol. The Labute approximate surface area is 315 Å². The van der Waals surface area contributed by atoms with E-state index in [4.69, 9.17) is 14.6 Å². The minimum absolute atomic E-state index is 0.139. The van der Waals surface area contributed by atoms with Crippen LogP contribution in [0.2, 0.25) is 10.1 Å². The van der Waals surface area contributed by atoms with Gasteiger partial charge < -0.3 is 25.2 Å². The minimum atomic E-state index is -3.45. The van der Waals surface area contributed by atoms with Gasteiger partial charge in [-0.2, -0.15) is 0 Å². The lowest BCUT2D eigenvalue weighted by Gasteiger charge is -2.48. The summed E-state index contributed by atoms with van der Waals surface area (Å²) in [5.74, 6) is -3.46. The van der Waals surface area contributed by atoms with Crippen molar-refractivity contribution in [1.29, 1.82) is 0 Å². The summed E-state index contributed by atoms with van der Waals surface area (Å²) in [6, 6.07) is 26.3. The Morgan fingerprint density at radius 2 is 1.17 bits per heavy atom. The molecule has 0 aliphatic carbocycles. The van der Waals surface area contributed by atoms with Crippen molar-refractivity contribution in [3.63, 3.8) is 0 Å². The summed E-state index contributed by atoms with van der Waals surface area (Å²) in [4.78, 5) is 66.8. The van der Waals surface area contributed by atoms with Gasteiger partial charge in [-0.1, -0.05) is 133 Å². The lowest BCUT2D eigenvalue weighted by atomic mass is 9.89. The second-order valence-electron chi connectivity index (χ2n) is 15.7. The number of ketones is 2. The Balaban J connectivity index is 1.99. The highest BCUT2D eigenvalue weighted by Crippen LogP contribution is 2.52. The average molecular weight is 744 g/mol. The second-order valence-corrected chi connectivity index (χ2v) is 20.4. The molecule has 0 spiro atoms. The van der Waals surface area contributed by atoms with Crippen LogP contribution >= 0.6 is 0 Å². The highest BCUT2D eigenvalue weighted by Gasteiger charge is 2.61. The van der Waals surface area contributed by atoms with E-state index in [1.54, 1.807) is 0 Å². The van der Waals surface area contributed by atoms with Crippen molar-refractivity contribution in [3.8, 4) is 0 Å². The summed E-state index contributed by atoms with van der Waals surface area (Å²) in [5.41, 5.74) is 8.19. The van der Waals surface area contributed by atoms with E-state index < -0.39 is 60.2 Å². The molecule has 2 amide bonds. The van der Waals surface area contributed by atoms with Crippen molar-refractivity contribution in [2.45, 2.75) is 103 Å². The number of benzene rings is 3. The quantitative estimate of drug-likeness (QED) is 0.130. The minimum Gasteiger partial charge on any atom is -0.492 e. The number of rotatable bonds is 19. The smallest absolute Gasteiger partial charge is 0.412 e. The van der Waals surface area contributed by atoms with Crippen molar-refractivity contribution >= 4 is 37.9 Å². The topological polar surface area (TPSA) is 154 Å². The molecule has 3 atom stereocenters. The molecule has 53 heavy (non-hydrogen) atoms. The number of amides is 2. The van der Waals surface area contributed by atoms with Gasteiger partial charge in [0.25, 0.3) is 0 Å². The molecule has 0 saturated carbocycles. The van der Waals surface area contributed by atoms with Gasteiger partial charge >= 0.3 is 14.5 Å². The number of carbonyl (C=O) groups excluding carboxylic acids is 5. The van der Waals surface area contributed by atoms with Crippen LogP contribution in [0.15, 0.2) is 91.0 Å². The van der Waals surface area contributed by atoms with Crippen LogP contribution in [0.3, 0.4) is 0 Å². The number of nitrogens with two attached hydrogens (primary N) is 1. The number of Topliss-reactive ketones (excluding diaryl/α,β-unsaturated/α-hetero) is 2. The zero-order valence-corrected chi connectivity index (χ0v) is 33.3. The number of hydrogen-bond donors (Lipinski definition) is 3. The predicted octanol–water partition coefficient (Wildman–Crippen LogP) is 5.80. The molecule has 10 nitrogen and oxygen atoms in total. The molecule has 3 rings (SSSR count). The highest BCUT2D eigenvalue weighted by atomic mass is 28.4. The van der Waals surface area contributed by atoms with Crippen LogP contribution < -0.4 is 16.4 Å². The first-order valence-electron chi connectivity index (χ1n) is 18.3. The summed E-state index contributed by atoms with van der Waals surface area (Å²) < 4.78 is 13.4. The van der Waals surface area contributed by atoms with E-state index in [9.17, 15) is 24.0 Å². The average Bonchev–Trinajstić information content (AvgIpc) is 3.10. The van der Waals surface area contributed by atoms with Crippen molar-refractivity contribution in [2.75, 3.05) is 13.2 Å². The van der Waals surface area contributed by atoms with E-state index >= 15 is 0 Å². The van der Waals surface area contributed by atoms with Crippen LogP contribution in [0.4, 0.5) is 0 Å². The maximum Gasteiger partial charge on any atom is 0.412 e. The Bertz CT molecular complexity index is 1640. The van der Waals surface area contributed by atoms with Crippen molar-refractivity contribution in [3.05, 3.63) is 108 Å². The Hall–Kier alpha value is -4.45.